The molecule has 1 aliphatic carbocycles. The molecule has 1 atom stereocenters. The van der Waals surface area contributed by atoms with Crippen molar-refractivity contribution in [3.63, 3.8) is 0 Å². The summed E-state index contributed by atoms with van der Waals surface area (Å²) in [4.78, 5) is 12.1. The third-order valence-corrected chi connectivity index (χ3v) is 11.3. The number of hydrogen-bond acceptors (Lipinski definition) is 3. The first kappa shape index (κ1) is 27.2. The Morgan fingerprint density at radius 2 is 1.20 bits per heavy atom. The number of para-hydroxylation sites is 2. The topological polar surface area (TPSA) is 28.0 Å². The summed E-state index contributed by atoms with van der Waals surface area (Å²) in [5.41, 5.74) is 12.2. The fraction of sp³-hybridized carbons (Fsp3) is 0.0513. The number of nitrogens with zero attached hydrogens (tertiary/aromatic N) is 3. The molecule has 0 saturated heterocycles. The molecule has 2 heterocycles. The Bertz CT molecular complexity index is 1990. The number of rotatable bonds is 5. The first-order valence-electron chi connectivity index (χ1n) is 14.7. The van der Waals surface area contributed by atoms with Gasteiger partial charge in [-0.1, -0.05) is 103 Å². The lowest BCUT2D eigenvalue weighted by Gasteiger charge is -2.26. The minimum absolute atomic E-state index is 0.269. The van der Waals surface area contributed by atoms with Crippen LogP contribution in [-0.4, -0.2) is 12.6 Å². The normalized spacial score (nSPS) is 17.2. The Balaban J connectivity index is 1.20. The van der Waals surface area contributed by atoms with E-state index in [1.807, 2.05) is 0 Å². The van der Waals surface area contributed by atoms with Crippen LogP contribution in [0.1, 0.15) is 23.5 Å². The minimum Gasteiger partial charge on any atom is -0.313 e. The van der Waals surface area contributed by atoms with Crippen LogP contribution in [0.4, 0.5) is 11.4 Å². The van der Waals surface area contributed by atoms with Gasteiger partial charge in [-0.3, -0.25) is 0 Å². The third-order valence-electron chi connectivity index (χ3n) is 8.27. The largest absolute Gasteiger partial charge is 0.313 e. The molecule has 0 aromatic heterocycles. The van der Waals surface area contributed by atoms with Crippen LogP contribution in [0, 0.1) is 0 Å². The van der Waals surface area contributed by atoms with Gasteiger partial charge in [0, 0.05) is 28.6 Å². The Labute approximate surface area is 272 Å². The predicted molar refractivity (Wildman–Crippen MR) is 195 cm³/mol. The van der Waals surface area contributed by atoms with Crippen LogP contribution in [0.25, 0.3) is 22.3 Å². The second-order valence-corrected chi connectivity index (χ2v) is 13.9. The molecule has 0 radical (unpaired) electrons. The quantitative estimate of drug-likeness (QED) is 0.133. The molecule has 8 rings (SSSR count). The molecular formula is C39H27ClIN3. The fourth-order valence-corrected chi connectivity index (χ4v) is 9.25. The Morgan fingerprint density at radius 3 is 1.89 bits per heavy atom. The molecule has 44 heavy (non-hydrogen) atoms. The van der Waals surface area contributed by atoms with Crippen molar-refractivity contribution < 1.29 is 0 Å². The van der Waals surface area contributed by atoms with Gasteiger partial charge in [0.25, 0.3) is 0 Å². The molecule has 3 aliphatic rings. The highest BCUT2D eigenvalue weighted by Crippen LogP contribution is 2.52. The molecule has 0 fully saturated rings. The highest BCUT2D eigenvalue weighted by Gasteiger charge is 2.37. The molecule has 0 bridgehead atoms. The fourth-order valence-electron chi connectivity index (χ4n) is 6.24. The van der Waals surface area contributed by atoms with Crippen molar-refractivity contribution in [1.82, 2.24) is 0 Å². The van der Waals surface area contributed by atoms with Crippen LogP contribution in [0.2, 0.25) is 0 Å². The summed E-state index contributed by atoms with van der Waals surface area (Å²) in [6, 6.07) is 47.3. The van der Waals surface area contributed by atoms with Crippen LogP contribution in [0.3, 0.4) is 0 Å². The number of aliphatic imine (C=N–C) groups is 2. The van der Waals surface area contributed by atoms with Crippen LogP contribution >= 0.6 is 32.3 Å². The van der Waals surface area contributed by atoms with E-state index in [1.54, 1.807) is 0 Å². The average Bonchev–Trinajstić information content (AvgIpc) is 3.43. The van der Waals surface area contributed by atoms with E-state index in [4.69, 9.17) is 21.6 Å². The summed E-state index contributed by atoms with van der Waals surface area (Å²) in [5.74, 6) is 0.269. The van der Waals surface area contributed by atoms with E-state index >= 15 is 0 Å². The van der Waals surface area contributed by atoms with E-state index in [2.05, 4.69) is 151 Å². The number of benzene rings is 5. The molecule has 0 amide bonds. The van der Waals surface area contributed by atoms with E-state index in [-0.39, 0.29) is 5.92 Å². The molecule has 0 spiro atoms. The van der Waals surface area contributed by atoms with E-state index in [0.29, 0.717) is 5.29 Å². The summed E-state index contributed by atoms with van der Waals surface area (Å²) in [7, 11) is 0. The van der Waals surface area contributed by atoms with Crippen molar-refractivity contribution in [2.24, 2.45) is 9.98 Å². The molecule has 5 aromatic carbocycles. The van der Waals surface area contributed by atoms with Crippen molar-refractivity contribution in [1.29, 1.82) is 0 Å². The van der Waals surface area contributed by atoms with Crippen LogP contribution in [0.5, 0.6) is 0 Å². The molecule has 1 unspecified atom stereocenters. The average molecular weight is 700 g/mol. The maximum Gasteiger partial charge on any atom is 0.224 e. The van der Waals surface area contributed by atoms with E-state index < -0.39 is 20.7 Å². The van der Waals surface area contributed by atoms with Gasteiger partial charge in [-0.25, -0.2) is 9.98 Å². The molecule has 0 N–H and O–H groups in total. The van der Waals surface area contributed by atoms with Crippen molar-refractivity contribution in [3.8, 4) is 22.3 Å². The highest BCUT2D eigenvalue weighted by atomic mass is 127. The van der Waals surface area contributed by atoms with Crippen LogP contribution in [0.15, 0.2) is 167 Å². The third kappa shape index (κ3) is 5.08. The predicted octanol–water partition coefficient (Wildman–Crippen LogP) is 10.6. The van der Waals surface area contributed by atoms with Gasteiger partial charge in [0.15, 0.2) is 0 Å². The van der Waals surface area contributed by atoms with Gasteiger partial charge >= 0.3 is 0 Å². The van der Waals surface area contributed by atoms with Gasteiger partial charge in [0.05, 0.1) is 0 Å². The van der Waals surface area contributed by atoms with E-state index in [1.165, 1.54) is 50.5 Å². The lowest BCUT2D eigenvalue weighted by atomic mass is 9.88. The number of amidine groups is 1. The molecule has 3 nitrogen and oxygen atoms in total. The minimum atomic E-state index is -0.673. The monoisotopic (exact) mass is 699 g/mol. The van der Waals surface area contributed by atoms with Crippen molar-refractivity contribution in [2.75, 3.05) is 4.90 Å². The van der Waals surface area contributed by atoms with Crippen LogP contribution < -0.4 is 4.90 Å². The van der Waals surface area contributed by atoms with Gasteiger partial charge in [0.2, 0.25) is 5.29 Å². The molecule has 2 aliphatic heterocycles. The van der Waals surface area contributed by atoms with Gasteiger partial charge in [0.1, 0.15) is 7.35 Å². The number of hydrogen-bond donors (Lipinski definition) is 0. The summed E-state index contributed by atoms with van der Waals surface area (Å²) in [6.07, 6.45) is 5.43. The van der Waals surface area contributed by atoms with Crippen molar-refractivity contribution in [3.05, 3.63) is 168 Å². The summed E-state index contributed by atoms with van der Waals surface area (Å²) < 4.78 is 2.14. The summed E-state index contributed by atoms with van der Waals surface area (Å²) >= 11 is 6.02. The van der Waals surface area contributed by atoms with Crippen LogP contribution in [-0.2, 0) is 0 Å². The second kappa shape index (κ2) is 11.6. The van der Waals surface area contributed by atoms with Gasteiger partial charge < -0.3 is 4.90 Å². The van der Waals surface area contributed by atoms with E-state index in [0.717, 1.165) is 19.3 Å². The zero-order valence-electron chi connectivity index (χ0n) is 23.7. The molecule has 5 heteroatoms. The first-order valence-corrected chi connectivity index (χ1v) is 17.2. The van der Waals surface area contributed by atoms with Crippen molar-refractivity contribution in [2.45, 2.75) is 12.3 Å². The van der Waals surface area contributed by atoms with Gasteiger partial charge in [-0.2, -0.15) is 0 Å². The Morgan fingerprint density at radius 1 is 0.614 bits per heavy atom. The number of allylic oxidation sites excluding steroid dienone is 4. The second-order valence-electron chi connectivity index (χ2n) is 11.0. The van der Waals surface area contributed by atoms with Gasteiger partial charge in [-0.15, -0.1) is 0 Å². The molecular weight excluding hydrogens is 673 g/mol. The summed E-state index contributed by atoms with van der Waals surface area (Å²) in [5, 5.41) is 0.306. The van der Waals surface area contributed by atoms with Gasteiger partial charge in [-0.05, 0) is 115 Å². The smallest absolute Gasteiger partial charge is 0.224 e. The van der Waals surface area contributed by atoms with Crippen molar-refractivity contribution >= 4 is 56.4 Å². The Kier molecular flexibility index (Phi) is 7.17. The van der Waals surface area contributed by atoms with E-state index in [9.17, 15) is 0 Å². The molecule has 5 aromatic rings. The zero-order valence-corrected chi connectivity index (χ0v) is 26.7. The maximum atomic E-state index is 6.69. The first-order chi connectivity index (χ1) is 21.7. The summed E-state index contributed by atoms with van der Waals surface area (Å²) in [6.45, 7) is 0. The molecule has 0 saturated carbocycles. The number of halogens is 2. The SMILES string of the molecule is ClC1=NC(c2cc(-c3ccccc3)cc(-c3ccccc3)c2)=IC(C2=CC=C3C(C2)c2ccccc2N3c2ccccc2)=N1. The highest BCUT2D eigenvalue weighted by molar-refractivity contribution is 14.2. The lowest BCUT2D eigenvalue weighted by molar-refractivity contribution is 0.806. The zero-order chi connectivity index (χ0) is 29.5. The lowest BCUT2D eigenvalue weighted by Crippen LogP contribution is -2.17. The number of anilines is 2. The standard InChI is InChI=1S/C39H27ClIN3/c40-39-42-37(28-20-21-36-34(25-28)33-18-10-11-19-35(33)44(36)32-16-8-3-9-17-32)41-38(43-39)31-23-29(26-12-4-1-5-13-26)22-30(24-31)27-14-6-2-7-15-27/h1-24,34H,25H2. The Hall–Kier alpha value is -4.39. The molecule has 212 valence electrons. The number of fused-ring (bicyclic) bond motifs is 3. The maximum absolute atomic E-state index is 6.69.